The molecule has 1 N–H and O–H groups in total. The molecule has 9 aromatic carbocycles. The van der Waals surface area contributed by atoms with Crippen molar-refractivity contribution in [3.63, 3.8) is 0 Å². The molecule has 538 valence electrons. The summed E-state index contributed by atoms with van der Waals surface area (Å²) in [4.78, 5) is 27.9. The van der Waals surface area contributed by atoms with E-state index in [0.29, 0.717) is 0 Å². The van der Waals surface area contributed by atoms with Crippen LogP contribution in [-0.4, -0.2) is 124 Å². The van der Waals surface area contributed by atoms with Crippen molar-refractivity contribution in [2.75, 3.05) is 19.8 Å². The maximum absolute atomic E-state index is 14.1. The first-order chi connectivity index (χ1) is 50.7. The molecule has 103 heavy (non-hydrogen) atoms. The Labute approximate surface area is 603 Å². The van der Waals surface area contributed by atoms with Gasteiger partial charge in [0.05, 0.1) is 79.3 Å². The minimum absolute atomic E-state index is 0.00684. The maximum atomic E-state index is 14.1. The second-order valence-electron chi connectivity index (χ2n) is 25.7. The number of carbonyl (C=O) groups excluding carboxylic acids is 2. The van der Waals surface area contributed by atoms with Crippen LogP contribution in [0.4, 0.5) is 0 Å². The average Bonchev–Trinajstić information content (AvgIpc) is 0.763. The van der Waals surface area contributed by atoms with E-state index in [1.54, 1.807) is 0 Å². The van der Waals surface area contributed by atoms with E-state index >= 15 is 0 Å². The Morgan fingerprint density at radius 3 is 0.883 bits per heavy atom. The third kappa shape index (κ3) is 22.2. The van der Waals surface area contributed by atoms with Crippen LogP contribution in [0.3, 0.4) is 0 Å². The number of esters is 1. The molecule has 0 saturated carbocycles. The molecule has 0 bridgehead atoms. The Morgan fingerprint density at radius 1 is 0.282 bits per heavy atom. The van der Waals surface area contributed by atoms with Gasteiger partial charge in [0.2, 0.25) is 5.91 Å². The van der Waals surface area contributed by atoms with E-state index in [1.165, 1.54) is 13.8 Å². The summed E-state index contributed by atoms with van der Waals surface area (Å²) in [7, 11) is 0. The second-order valence-corrected chi connectivity index (χ2v) is 25.7. The molecule has 18 nitrogen and oxygen atoms in total. The maximum Gasteiger partial charge on any atom is 0.303 e. The largest absolute Gasteiger partial charge is 0.457 e. The summed E-state index contributed by atoms with van der Waals surface area (Å²) in [5.74, 6) is -1.02. The van der Waals surface area contributed by atoms with E-state index in [-0.39, 0.29) is 85.2 Å². The Morgan fingerprint density at radius 2 is 0.544 bits per heavy atom. The highest BCUT2D eigenvalue weighted by molar-refractivity contribution is 5.73. The highest BCUT2D eigenvalue weighted by atomic mass is 16.8. The number of hydrogen-bond donors (Lipinski definition) is 1. The van der Waals surface area contributed by atoms with Crippen molar-refractivity contribution >= 4 is 11.9 Å². The van der Waals surface area contributed by atoms with Gasteiger partial charge in [-0.25, -0.2) is 0 Å². The molecule has 9 aromatic rings. The predicted octanol–water partition coefficient (Wildman–Crippen LogP) is 13.2. The minimum atomic E-state index is -1.47. The normalized spacial score (nSPS) is 24.8. The number of nitrogens with one attached hydrogen (secondary N) is 1. The molecule has 0 radical (unpaired) electrons. The first-order valence-electron chi connectivity index (χ1n) is 35.2. The fourth-order valence-electron chi connectivity index (χ4n) is 12.9. The zero-order valence-electron chi connectivity index (χ0n) is 58.1. The summed E-state index contributed by atoms with van der Waals surface area (Å²) in [6.07, 6.45) is -16.1. The van der Waals surface area contributed by atoms with Crippen LogP contribution in [0.1, 0.15) is 63.9 Å². The van der Waals surface area contributed by atoms with Crippen molar-refractivity contribution in [1.29, 1.82) is 0 Å². The molecular weight excluding hydrogens is 1310 g/mol. The fourth-order valence-corrected chi connectivity index (χ4v) is 12.9. The van der Waals surface area contributed by atoms with Crippen LogP contribution in [0.15, 0.2) is 273 Å². The molecule has 0 aromatic heterocycles. The van der Waals surface area contributed by atoms with Gasteiger partial charge in [0, 0.05) is 13.8 Å². The number of rotatable bonds is 36. The molecule has 1 amide bonds. The van der Waals surface area contributed by atoms with Gasteiger partial charge in [-0.1, -0.05) is 273 Å². The number of carbonyl (C=O) groups is 2. The molecule has 0 unspecified atom stereocenters. The van der Waals surface area contributed by atoms with Crippen molar-refractivity contribution in [3.8, 4) is 0 Å². The van der Waals surface area contributed by atoms with Crippen LogP contribution in [0.2, 0.25) is 0 Å². The number of benzene rings is 9. The Bertz CT molecular complexity index is 3860. The Kier molecular flexibility index (Phi) is 28.3. The lowest BCUT2D eigenvalue weighted by molar-refractivity contribution is -0.389. The van der Waals surface area contributed by atoms with Crippen LogP contribution in [0, 0.1) is 0 Å². The SMILES string of the molecule is CC(=O)N[C@@H]1[C@H](OCc2ccccc2)O[C@H](COCc2ccccc2)[C@@H](O[C@@H]2O[C@@H](COCc3ccccc3)[C@H](OC(C)=O)[C@@H](O[C@@H]3O[C@@H](COCc4ccccc4)[C@H](OCc4ccccc4)[C@H](OCc4ccccc4)[C@@H]3OCc3ccccc3)[C@@H]2OCc2ccccc2)[C@@H]1OCc1ccccc1. The molecule has 3 heterocycles. The molecule has 3 fully saturated rings. The topological polar surface area (TPSA) is 185 Å². The Balaban J connectivity index is 0.990. The van der Waals surface area contributed by atoms with Gasteiger partial charge in [0.25, 0.3) is 0 Å². The molecule has 15 atom stereocenters. The van der Waals surface area contributed by atoms with Crippen molar-refractivity contribution < 1.29 is 80.6 Å². The molecule has 0 spiro atoms. The molecular formula is C85H91NO17. The Hall–Kier alpha value is -8.64. The number of hydrogen-bond acceptors (Lipinski definition) is 17. The van der Waals surface area contributed by atoms with Gasteiger partial charge in [0.1, 0.15) is 67.1 Å². The van der Waals surface area contributed by atoms with E-state index in [4.69, 9.17) is 71.1 Å². The summed E-state index contributed by atoms with van der Waals surface area (Å²) in [5, 5.41) is 3.16. The molecule has 12 rings (SSSR count). The first kappa shape index (κ1) is 74.1. The van der Waals surface area contributed by atoms with E-state index in [9.17, 15) is 9.59 Å². The lowest BCUT2D eigenvalue weighted by Crippen LogP contribution is -2.69. The van der Waals surface area contributed by atoms with Crippen LogP contribution in [0.5, 0.6) is 0 Å². The zero-order chi connectivity index (χ0) is 70.6. The summed E-state index contributed by atoms with van der Waals surface area (Å²) in [5.41, 5.74) is 7.95. The number of ether oxygens (including phenoxy) is 15. The average molecular weight is 1400 g/mol. The summed E-state index contributed by atoms with van der Waals surface area (Å²) < 4.78 is 107. The standard InChI is InChI=1S/C85H91NO17/c1-60(87)86-74-78(93-52-66-38-20-7-21-39-66)76(72(58-90-49-63-32-14-4-15-33-63)99-83(74)97-56-70-46-28-11-29-47-70)102-85-82(96-55-69-44-26-10-27-45-69)80(77(98-61(2)88)73(101-85)59-91-50-64-34-16-5-17-35-64)103-84-81(95-54-68-42-24-9-25-43-68)79(94-53-67-40-22-8-23-41-67)75(92-51-65-36-18-6-19-37-65)71(100-84)57-89-48-62-30-12-3-13-31-62/h3-47,71-85H,48-59H2,1-2H3,(H,86,87)/t71-,72+,73-,74-,75-,76+,77-,78+,79-,80+,81-,82-,83+,84-,85-/m0/s1. The highest BCUT2D eigenvalue weighted by Gasteiger charge is 2.58. The van der Waals surface area contributed by atoms with Gasteiger partial charge >= 0.3 is 5.97 Å². The van der Waals surface area contributed by atoms with Crippen LogP contribution in [0.25, 0.3) is 0 Å². The monoisotopic (exact) mass is 1400 g/mol. The van der Waals surface area contributed by atoms with Gasteiger partial charge in [0.15, 0.2) is 25.0 Å². The summed E-state index contributed by atoms with van der Waals surface area (Å²) in [6.45, 7) is 3.74. The fraction of sp³-hybridized carbons (Fsp3) is 0.341. The van der Waals surface area contributed by atoms with Crippen LogP contribution >= 0.6 is 0 Å². The van der Waals surface area contributed by atoms with Crippen molar-refractivity contribution in [3.05, 3.63) is 323 Å². The van der Waals surface area contributed by atoms with Crippen LogP contribution in [-0.2, 0) is 140 Å². The molecule has 0 aliphatic carbocycles. The van der Waals surface area contributed by atoms with Gasteiger partial charge in [-0.3, -0.25) is 9.59 Å². The smallest absolute Gasteiger partial charge is 0.303 e. The third-order valence-corrected chi connectivity index (χ3v) is 17.9. The van der Waals surface area contributed by atoms with Gasteiger partial charge < -0.3 is 76.4 Å². The van der Waals surface area contributed by atoms with E-state index in [2.05, 4.69) is 5.32 Å². The van der Waals surface area contributed by atoms with Gasteiger partial charge in [-0.15, -0.1) is 0 Å². The summed E-state index contributed by atoms with van der Waals surface area (Å²) >= 11 is 0. The highest BCUT2D eigenvalue weighted by Crippen LogP contribution is 2.40. The lowest BCUT2D eigenvalue weighted by atomic mass is 9.94. The van der Waals surface area contributed by atoms with E-state index in [1.807, 2.05) is 273 Å². The molecule has 3 aliphatic rings. The van der Waals surface area contributed by atoms with Crippen LogP contribution < -0.4 is 5.32 Å². The van der Waals surface area contributed by atoms with Gasteiger partial charge in [-0.05, 0) is 50.1 Å². The van der Waals surface area contributed by atoms with Crippen molar-refractivity contribution in [2.24, 2.45) is 0 Å². The zero-order valence-corrected chi connectivity index (χ0v) is 58.1. The quantitative estimate of drug-likeness (QED) is 0.0365. The van der Waals surface area contributed by atoms with Crippen molar-refractivity contribution in [2.45, 2.75) is 165 Å². The van der Waals surface area contributed by atoms with Crippen molar-refractivity contribution in [1.82, 2.24) is 5.32 Å². The number of amides is 1. The second kappa shape index (κ2) is 39.3. The van der Waals surface area contributed by atoms with Gasteiger partial charge in [-0.2, -0.15) is 0 Å². The predicted molar refractivity (Wildman–Crippen MR) is 384 cm³/mol. The molecule has 3 aliphatic heterocycles. The van der Waals surface area contributed by atoms with E-state index < -0.39 is 98.0 Å². The third-order valence-electron chi connectivity index (χ3n) is 17.9. The summed E-state index contributed by atoms with van der Waals surface area (Å²) in [6, 6.07) is 87.0. The lowest BCUT2D eigenvalue weighted by Gasteiger charge is -2.51. The first-order valence-corrected chi connectivity index (χ1v) is 35.2. The minimum Gasteiger partial charge on any atom is -0.457 e. The van der Waals surface area contributed by atoms with E-state index in [0.717, 1.165) is 50.1 Å². The molecule has 18 heteroatoms. The molecule has 3 saturated heterocycles.